The fourth-order valence-corrected chi connectivity index (χ4v) is 4.31. The molecule has 0 aliphatic carbocycles. The summed E-state index contributed by atoms with van der Waals surface area (Å²) < 4.78 is 31.0. The molecule has 0 radical (unpaired) electrons. The van der Waals surface area contributed by atoms with Crippen LogP contribution in [-0.4, -0.2) is 58.1 Å². The molecule has 0 aliphatic rings. The largest absolute Gasteiger partial charge is 0.495 e. The lowest BCUT2D eigenvalue weighted by atomic mass is 10.1. The molecule has 0 bridgehead atoms. The number of benzene rings is 2. The van der Waals surface area contributed by atoms with Gasteiger partial charge in [-0.3, -0.25) is 13.9 Å². The van der Waals surface area contributed by atoms with Crippen LogP contribution in [0.2, 0.25) is 10.0 Å². The second-order valence-corrected chi connectivity index (χ2v) is 9.71. The summed E-state index contributed by atoms with van der Waals surface area (Å²) in [4.78, 5) is 26.9. The molecular weight excluding hydrogens is 477 g/mol. The summed E-state index contributed by atoms with van der Waals surface area (Å²) in [5.74, 6) is -0.619. The zero-order valence-corrected chi connectivity index (χ0v) is 20.5. The van der Waals surface area contributed by atoms with Gasteiger partial charge in [0.25, 0.3) is 0 Å². The van der Waals surface area contributed by atoms with E-state index in [1.54, 1.807) is 31.2 Å². The van der Waals surface area contributed by atoms with Crippen LogP contribution >= 0.6 is 23.2 Å². The minimum absolute atomic E-state index is 0.0219. The van der Waals surface area contributed by atoms with E-state index in [1.165, 1.54) is 37.3 Å². The highest BCUT2D eigenvalue weighted by atomic mass is 35.5. The van der Waals surface area contributed by atoms with Gasteiger partial charge in [-0.25, -0.2) is 8.42 Å². The first-order chi connectivity index (χ1) is 15.0. The predicted molar refractivity (Wildman–Crippen MR) is 126 cm³/mol. The fourth-order valence-electron chi connectivity index (χ4n) is 3.03. The van der Waals surface area contributed by atoms with Crippen LogP contribution in [-0.2, 0) is 26.2 Å². The van der Waals surface area contributed by atoms with Gasteiger partial charge in [0, 0.05) is 18.6 Å². The monoisotopic (exact) mass is 501 g/mol. The average molecular weight is 502 g/mol. The summed E-state index contributed by atoms with van der Waals surface area (Å²) >= 11 is 12.4. The Balaban J connectivity index is 2.42. The van der Waals surface area contributed by atoms with Gasteiger partial charge in [0.1, 0.15) is 18.3 Å². The molecule has 0 heterocycles. The molecule has 0 spiro atoms. The van der Waals surface area contributed by atoms with E-state index in [0.717, 1.165) is 10.6 Å². The third kappa shape index (κ3) is 6.27. The highest BCUT2D eigenvalue weighted by molar-refractivity contribution is 7.92. The Labute approximate surface area is 198 Å². The summed E-state index contributed by atoms with van der Waals surface area (Å²) in [6.45, 7) is 1.05. The minimum atomic E-state index is -3.86. The lowest BCUT2D eigenvalue weighted by molar-refractivity contribution is -0.139. The SMILES string of the molecule is CNC(=O)[C@H](C)N(Cc1ccccc1Cl)C(=O)CN(c1ccc(OC)c(Cl)c1)S(C)(=O)=O. The third-order valence-corrected chi connectivity index (χ3v) is 6.62. The Hall–Kier alpha value is -2.49. The van der Waals surface area contributed by atoms with E-state index in [1.807, 2.05) is 0 Å². The topological polar surface area (TPSA) is 96.0 Å². The normalized spacial score (nSPS) is 12.1. The van der Waals surface area contributed by atoms with E-state index >= 15 is 0 Å². The Morgan fingerprint density at radius 3 is 2.31 bits per heavy atom. The number of carbonyl (C=O) groups is 2. The molecule has 2 aromatic carbocycles. The quantitative estimate of drug-likeness (QED) is 0.569. The highest BCUT2D eigenvalue weighted by Gasteiger charge is 2.30. The second-order valence-electron chi connectivity index (χ2n) is 6.99. The van der Waals surface area contributed by atoms with Gasteiger partial charge < -0.3 is 15.0 Å². The van der Waals surface area contributed by atoms with Crippen molar-refractivity contribution in [2.45, 2.75) is 19.5 Å². The van der Waals surface area contributed by atoms with Crippen LogP contribution < -0.4 is 14.4 Å². The minimum Gasteiger partial charge on any atom is -0.495 e. The number of likely N-dealkylation sites (N-methyl/N-ethyl adjacent to an activating group) is 1. The van der Waals surface area contributed by atoms with Crippen LogP contribution in [0.4, 0.5) is 5.69 Å². The maximum Gasteiger partial charge on any atom is 0.244 e. The molecule has 11 heteroatoms. The van der Waals surface area contributed by atoms with Crippen LogP contribution in [0.3, 0.4) is 0 Å². The Kier molecular flexibility index (Phi) is 8.77. The molecule has 8 nitrogen and oxygen atoms in total. The molecule has 0 saturated carbocycles. The van der Waals surface area contributed by atoms with Gasteiger partial charge >= 0.3 is 0 Å². The molecule has 174 valence electrons. The molecule has 0 aromatic heterocycles. The van der Waals surface area contributed by atoms with Crippen LogP contribution in [0, 0.1) is 0 Å². The van der Waals surface area contributed by atoms with Gasteiger partial charge in [-0.15, -0.1) is 0 Å². The van der Waals surface area contributed by atoms with Gasteiger partial charge in [-0.05, 0) is 36.8 Å². The van der Waals surface area contributed by atoms with Crippen molar-refractivity contribution in [3.05, 3.63) is 58.1 Å². The Bertz CT molecular complexity index is 1090. The van der Waals surface area contributed by atoms with E-state index in [-0.39, 0.29) is 17.3 Å². The summed E-state index contributed by atoms with van der Waals surface area (Å²) in [5, 5.41) is 3.13. The lowest BCUT2D eigenvalue weighted by Crippen LogP contribution is -2.50. The number of hydrogen-bond donors (Lipinski definition) is 1. The number of anilines is 1. The number of methoxy groups -OCH3 is 1. The van der Waals surface area contributed by atoms with Gasteiger partial charge in [0.05, 0.1) is 24.1 Å². The summed E-state index contributed by atoms with van der Waals surface area (Å²) in [6, 6.07) is 10.4. The first-order valence-electron chi connectivity index (χ1n) is 9.55. The van der Waals surface area contributed by atoms with Gasteiger partial charge in [-0.1, -0.05) is 41.4 Å². The molecule has 1 atom stereocenters. The van der Waals surface area contributed by atoms with E-state index in [9.17, 15) is 18.0 Å². The van der Waals surface area contributed by atoms with Crippen molar-refractivity contribution in [2.75, 3.05) is 31.3 Å². The molecule has 32 heavy (non-hydrogen) atoms. The average Bonchev–Trinajstić information content (AvgIpc) is 2.74. The molecule has 0 unspecified atom stereocenters. The maximum absolute atomic E-state index is 13.3. The fraction of sp³-hybridized carbons (Fsp3) is 0.333. The van der Waals surface area contributed by atoms with E-state index in [4.69, 9.17) is 27.9 Å². The third-order valence-electron chi connectivity index (χ3n) is 4.81. The first kappa shape index (κ1) is 25.8. The maximum atomic E-state index is 13.3. The number of hydrogen-bond acceptors (Lipinski definition) is 5. The number of rotatable bonds is 9. The summed E-state index contributed by atoms with van der Waals surface area (Å²) in [7, 11) is -0.962. The van der Waals surface area contributed by atoms with Gasteiger partial charge in [0.15, 0.2) is 0 Å². The standard InChI is InChI=1S/C21H25Cl2N3O5S/c1-14(21(28)24-2)25(12-15-7-5-6-8-17(15)22)20(27)13-26(32(4,29)30)16-9-10-19(31-3)18(23)11-16/h5-11,14H,12-13H2,1-4H3,(H,24,28)/t14-/m0/s1. The molecule has 0 saturated heterocycles. The van der Waals surface area contributed by atoms with Gasteiger partial charge in [0.2, 0.25) is 21.8 Å². The van der Waals surface area contributed by atoms with Crippen LogP contribution in [0.15, 0.2) is 42.5 Å². The molecule has 0 fully saturated rings. The van der Waals surface area contributed by atoms with Gasteiger partial charge in [-0.2, -0.15) is 0 Å². The molecule has 1 N–H and O–H groups in total. The number of nitrogens with one attached hydrogen (secondary N) is 1. The van der Waals surface area contributed by atoms with Crippen molar-refractivity contribution in [3.8, 4) is 5.75 Å². The number of carbonyl (C=O) groups excluding carboxylic acids is 2. The zero-order chi connectivity index (χ0) is 24.1. The molecule has 2 aromatic rings. The van der Waals surface area contributed by atoms with E-state index in [2.05, 4.69) is 5.32 Å². The molecule has 2 rings (SSSR count). The van der Waals surface area contributed by atoms with Crippen LogP contribution in [0.1, 0.15) is 12.5 Å². The summed E-state index contributed by atoms with van der Waals surface area (Å²) in [6.07, 6.45) is 0.985. The van der Waals surface area contributed by atoms with Crippen LogP contribution in [0.5, 0.6) is 5.75 Å². The Morgan fingerprint density at radius 2 is 1.78 bits per heavy atom. The summed E-state index contributed by atoms with van der Waals surface area (Å²) in [5.41, 5.74) is 0.814. The molecular formula is C21H25Cl2N3O5S. The highest BCUT2D eigenvalue weighted by Crippen LogP contribution is 2.30. The second kappa shape index (κ2) is 10.9. The first-order valence-corrected chi connectivity index (χ1v) is 12.2. The van der Waals surface area contributed by atoms with Crippen LogP contribution in [0.25, 0.3) is 0 Å². The number of halogens is 2. The predicted octanol–water partition coefficient (Wildman–Crippen LogP) is 2.93. The number of ether oxygens (including phenoxy) is 1. The van der Waals surface area contributed by atoms with Crippen molar-refractivity contribution in [3.63, 3.8) is 0 Å². The van der Waals surface area contributed by atoms with Crippen molar-refractivity contribution >= 4 is 50.7 Å². The van der Waals surface area contributed by atoms with Crippen molar-refractivity contribution in [2.24, 2.45) is 0 Å². The number of nitrogens with zero attached hydrogens (tertiary/aromatic N) is 2. The van der Waals surface area contributed by atoms with E-state index < -0.39 is 34.4 Å². The number of sulfonamides is 1. The Morgan fingerprint density at radius 1 is 1.12 bits per heavy atom. The van der Waals surface area contributed by atoms with Crippen molar-refractivity contribution < 1.29 is 22.7 Å². The zero-order valence-electron chi connectivity index (χ0n) is 18.1. The smallest absolute Gasteiger partial charge is 0.244 e. The number of amides is 2. The molecule has 2 amide bonds. The van der Waals surface area contributed by atoms with Crippen molar-refractivity contribution in [1.29, 1.82) is 0 Å². The van der Waals surface area contributed by atoms with E-state index in [0.29, 0.717) is 16.3 Å². The van der Waals surface area contributed by atoms with Crippen molar-refractivity contribution in [1.82, 2.24) is 10.2 Å². The lowest BCUT2D eigenvalue weighted by Gasteiger charge is -2.31. The molecule has 0 aliphatic heterocycles.